The molecule has 5 heterocycles. The smallest absolute Gasteiger partial charge is 0.397 e. The van der Waals surface area contributed by atoms with Gasteiger partial charge in [0.25, 0.3) is 0 Å². The molecule has 0 aromatic carbocycles. The van der Waals surface area contributed by atoms with E-state index in [4.69, 9.17) is 37.7 Å². The van der Waals surface area contributed by atoms with Crippen molar-refractivity contribution in [1.29, 1.82) is 0 Å². The lowest BCUT2D eigenvalue weighted by molar-refractivity contribution is -0.366. The maximum Gasteiger partial charge on any atom is 0.397 e. The van der Waals surface area contributed by atoms with E-state index in [1.807, 2.05) is 5.32 Å². The van der Waals surface area contributed by atoms with Gasteiger partial charge in [-0.15, -0.1) is 0 Å². The lowest BCUT2D eigenvalue weighted by atomic mass is 9.94. The quantitative estimate of drug-likeness (QED) is 0.0475. The summed E-state index contributed by atoms with van der Waals surface area (Å²) in [5.41, 5.74) is 0. The third-order valence-corrected chi connectivity index (χ3v) is 13.3. The molecule has 20 atom stereocenters. The Morgan fingerprint density at radius 3 is 1.48 bits per heavy atom. The Labute approximate surface area is 434 Å². The van der Waals surface area contributed by atoms with E-state index < -0.39 is 206 Å². The molecule has 0 aromatic heterocycles. The Morgan fingerprint density at radius 2 is 1.01 bits per heavy atom. The zero-order chi connectivity index (χ0) is 58.3. The minimum absolute atomic E-state index is 0.840. The minimum atomic E-state index is -6.09. The predicted molar refractivity (Wildman–Crippen MR) is 231 cm³/mol. The van der Waals surface area contributed by atoms with Crippen molar-refractivity contribution in [3.05, 3.63) is 0 Å². The second-order valence-electron chi connectivity index (χ2n) is 16.5. The summed E-state index contributed by atoms with van der Waals surface area (Å²) in [6, 6.07) is -4.96. The Kier molecular flexibility index (Phi) is 23.6. The number of hydrogen-bond donors (Lipinski definition) is 17. The van der Waals surface area contributed by atoms with Crippen LogP contribution in [0.1, 0.15) is 13.3 Å². The highest BCUT2D eigenvalue weighted by Gasteiger charge is 2.60. The second kappa shape index (κ2) is 27.3. The van der Waals surface area contributed by atoms with E-state index in [1.54, 1.807) is 0 Å². The van der Waals surface area contributed by atoms with Crippen molar-refractivity contribution in [3.8, 4) is 0 Å². The van der Waals surface area contributed by atoms with E-state index in [0.29, 0.717) is 0 Å². The Morgan fingerprint density at radius 1 is 0.532 bits per heavy atom. The van der Waals surface area contributed by atoms with E-state index >= 15 is 0 Å². The number of rotatable bonds is 21. The minimum Gasteiger partial charge on any atom is -0.479 e. The van der Waals surface area contributed by atoms with Gasteiger partial charge in [0.2, 0.25) is 5.91 Å². The first kappa shape index (κ1) is 66.7. The number of nitrogens with one attached hydrogen (secondary N) is 4. The molecule has 46 heteroatoms. The molecule has 0 bridgehead atoms. The van der Waals surface area contributed by atoms with Crippen molar-refractivity contribution in [3.63, 3.8) is 0 Å². The van der Waals surface area contributed by atoms with Crippen molar-refractivity contribution in [2.24, 2.45) is 0 Å². The van der Waals surface area contributed by atoms with Crippen molar-refractivity contribution >= 4 is 69.7 Å². The van der Waals surface area contributed by atoms with Crippen LogP contribution >= 0.6 is 0 Å². The van der Waals surface area contributed by atoms with Crippen LogP contribution in [0.3, 0.4) is 0 Å². The summed E-state index contributed by atoms with van der Waals surface area (Å²) in [4.78, 5) is 36.4. The SMILES string of the molecule is C1CNCCNC1.CC(=O)N[C@@H]1[C@@H](O)[C@H](O[C@@H]2O[C@H](C(=O)O)[C@@H](O[C@@H]3O[C@H](CO)[C@@H](O[C@H]4O[C@@H](C(=O)O)[C@H](O)[C@@H](O)[C@@H]4OS(=O)(=O)O)[C@H](OS(=O)(=O)O)[C@H]3NS(=O)(=O)O)[C@H](O)[C@H]2OS(=O)(=O)O)[C@H](COS(=O)(=O)O)O[C@H]1O. The van der Waals surface area contributed by atoms with Crippen molar-refractivity contribution in [2.45, 2.75) is 136 Å². The van der Waals surface area contributed by atoms with Gasteiger partial charge >= 0.3 is 63.8 Å². The largest absolute Gasteiger partial charge is 0.479 e. The topological polar surface area (TPSA) is 635 Å². The molecule has 0 aliphatic carbocycles. The highest BCUT2D eigenvalue weighted by Crippen LogP contribution is 2.37. The lowest BCUT2D eigenvalue weighted by Crippen LogP contribution is -2.71. The van der Waals surface area contributed by atoms with Gasteiger partial charge in [-0.1, -0.05) is 0 Å². The molecule has 0 unspecified atom stereocenters. The van der Waals surface area contributed by atoms with Gasteiger partial charge in [0.1, 0.15) is 73.1 Å². The Bertz CT molecular complexity index is 2560. The molecule has 41 nitrogen and oxygen atoms in total. The van der Waals surface area contributed by atoms with Crippen molar-refractivity contribution < 1.29 is 170 Å². The Hall–Kier alpha value is -2.84. The number of aliphatic hydroxyl groups excluding tert-OH is 6. The van der Waals surface area contributed by atoms with E-state index in [2.05, 4.69) is 27.4 Å². The summed E-state index contributed by atoms with van der Waals surface area (Å²) in [5.74, 6) is -5.49. The van der Waals surface area contributed by atoms with Gasteiger partial charge in [-0.05, 0) is 19.5 Å². The maximum absolute atomic E-state index is 12.7. The van der Waals surface area contributed by atoms with E-state index in [1.165, 1.54) is 24.2 Å². The van der Waals surface area contributed by atoms with Crippen LogP contribution in [-0.4, -0.2) is 286 Å². The van der Waals surface area contributed by atoms with Crippen LogP contribution in [0, 0.1) is 0 Å². The monoisotopic (exact) mass is 1230 g/mol. The Balaban J connectivity index is 0.00000168. The fraction of sp³-hybridized carbons (Fsp3) is 0.903. The van der Waals surface area contributed by atoms with Gasteiger partial charge in [0.05, 0.1) is 13.2 Å². The molecule has 5 aliphatic rings. The van der Waals surface area contributed by atoms with Crippen molar-refractivity contribution in [2.75, 3.05) is 39.4 Å². The molecule has 0 spiro atoms. The highest BCUT2D eigenvalue weighted by atomic mass is 32.3. The first-order chi connectivity index (χ1) is 35.3. The van der Waals surface area contributed by atoms with Gasteiger partial charge in [0, 0.05) is 20.0 Å². The van der Waals surface area contributed by atoms with Gasteiger partial charge < -0.3 is 90.0 Å². The number of amides is 1. The maximum atomic E-state index is 12.7. The summed E-state index contributed by atoms with van der Waals surface area (Å²) in [6.07, 6.45) is -47.8. The lowest BCUT2D eigenvalue weighted by Gasteiger charge is -2.50. The molecule has 5 rings (SSSR count). The summed E-state index contributed by atoms with van der Waals surface area (Å²) < 4.78 is 222. The summed E-state index contributed by atoms with van der Waals surface area (Å²) in [7, 11) is -29.1. The van der Waals surface area contributed by atoms with Crippen LogP contribution in [0.2, 0.25) is 0 Å². The summed E-state index contributed by atoms with van der Waals surface area (Å²) >= 11 is 0. The average molecular weight is 1240 g/mol. The van der Waals surface area contributed by atoms with E-state index in [-0.39, 0.29) is 0 Å². The fourth-order valence-corrected chi connectivity index (χ4v) is 10.2. The second-order valence-corrected chi connectivity index (χ2v) is 21.9. The molecule has 0 radical (unpaired) electrons. The summed E-state index contributed by atoms with van der Waals surface area (Å²) in [6.45, 7) is 2.41. The van der Waals surface area contributed by atoms with Crippen LogP contribution in [0.25, 0.3) is 0 Å². The first-order valence-electron chi connectivity index (χ1n) is 21.4. The molecular weight excluding hydrogens is 1180 g/mol. The molecule has 450 valence electrons. The van der Waals surface area contributed by atoms with Crippen LogP contribution in [-0.2, 0) is 116 Å². The van der Waals surface area contributed by atoms with Gasteiger partial charge in [-0.25, -0.2) is 26.3 Å². The van der Waals surface area contributed by atoms with Gasteiger partial charge in [0.15, 0.2) is 49.6 Å². The number of aliphatic hydroxyl groups is 6. The third-order valence-electron chi connectivity index (χ3n) is 10.9. The van der Waals surface area contributed by atoms with Crippen molar-refractivity contribution in [1.82, 2.24) is 20.7 Å². The molecule has 5 aliphatic heterocycles. The van der Waals surface area contributed by atoms with Gasteiger partial charge in [-0.2, -0.15) is 46.8 Å². The van der Waals surface area contributed by atoms with Crippen LogP contribution in [0.4, 0.5) is 0 Å². The highest BCUT2D eigenvalue weighted by molar-refractivity contribution is 7.83. The van der Waals surface area contributed by atoms with Crippen LogP contribution in [0.15, 0.2) is 0 Å². The van der Waals surface area contributed by atoms with Crippen LogP contribution in [0.5, 0.6) is 0 Å². The van der Waals surface area contributed by atoms with E-state index in [0.717, 1.165) is 20.0 Å². The van der Waals surface area contributed by atoms with Crippen LogP contribution < -0.4 is 20.7 Å². The predicted octanol–water partition coefficient (Wildman–Crippen LogP) is -11.1. The number of aliphatic carboxylic acids is 2. The molecule has 0 aromatic rings. The number of carboxylic acid groups (broad SMARTS) is 2. The molecule has 77 heavy (non-hydrogen) atoms. The van der Waals surface area contributed by atoms with E-state index in [9.17, 15) is 116 Å². The molecule has 5 saturated heterocycles. The molecule has 5 fully saturated rings. The zero-order valence-corrected chi connectivity index (χ0v) is 42.7. The number of carbonyl (C=O) groups is 3. The number of ether oxygens (including phenoxy) is 7. The normalized spacial score (nSPS) is 37.8. The first-order valence-corrected chi connectivity index (χ1v) is 28.3. The molecular formula is C31H54N4O37S5. The number of carboxylic acids is 2. The van der Waals surface area contributed by atoms with Gasteiger partial charge in [-0.3, -0.25) is 27.6 Å². The summed E-state index contributed by atoms with van der Waals surface area (Å²) in [5, 5.41) is 92.6. The number of hydrogen-bond acceptors (Lipinski definition) is 32. The average Bonchev–Trinajstić information content (AvgIpc) is 3.60. The molecule has 0 saturated carbocycles. The number of carbonyl (C=O) groups excluding carboxylic acids is 1. The molecule has 1 amide bonds. The standard InChI is InChI=1S/C26H42N2O37S5.C5H12N2/c1-4(30)27-7-9(31)13(6(56-23(7)39)3-55-67(43,44)45)58-26-19(65-70(52,53)54)12(34)16(20(62-26)22(37)38)60-24-8(28-66(40,41)42)15(63-68(46,47)48)14(5(2-29)57-24)59-25-18(64-69(49,50)51)11(33)10(32)17(61-25)21(35)36;1-2-6-4-5-7-3-1/h5-20,23-26,28-29,31-34,39H,2-3H2,1H3,(H,27,30)(H,35,36)(H,37,38)(H,40,41,42)(H,43,44,45)(H,46,47,48)(H,49,50,51)(H,52,53,54);6-7H,1-5H2/t5-,6+,7-,8-,9-,10-,11-,12+,13-,14-,15-,16+,17-,18+,19-,20+,23-,24+,25+,26-;/m1./s1. The fourth-order valence-electron chi connectivity index (χ4n) is 7.82. The third kappa shape index (κ3) is 20.0. The zero-order valence-electron chi connectivity index (χ0n) is 38.6. The molecule has 17 N–H and O–H groups in total.